The van der Waals surface area contributed by atoms with E-state index in [0.29, 0.717) is 5.56 Å². The summed E-state index contributed by atoms with van der Waals surface area (Å²) in [5.41, 5.74) is -0.0949. The molecule has 118 valence electrons. The van der Waals surface area contributed by atoms with Gasteiger partial charge < -0.3 is 20.1 Å². The van der Waals surface area contributed by atoms with E-state index in [9.17, 15) is 14.4 Å². The lowest BCUT2D eigenvalue weighted by Gasteiger charge is -2.10. The summed E-state index contributed by atoms with van der Waals surface area (Å²) in [6.45, 7) is 1.69. The third kappa shape index (κ3) is 3.65. The van der Waals surface area contributed by atoms with Crippen molar-refractivity contribution in [3.8, 4) is 11.5 Å². The van der Waals surface area contributed by atoms with Gasteiger partial charge in [0, 0.05) is 0 Å². The van der Waals surface area contributed by atoms with E-state index in [4.69, 9.17) is 20.1 Å². The van der Waals surface area contributed by atoms with Gasteiger partial charge in [-0.25, -0.2) is 14.4 Å². The third-order valence-electron chi connectivity index (χ3n) is 2.99. The van der Waals surface area contributed by atoms with Gasteiger partial charge in [-0.1, -0.05) is 0 Å². The Morgan fingerprint density at radius 3 is 2.00 bits per heavy atom. The fourth-order valence-corrected chi connectivity index (χ4v) is 2.02. The number of carboxylic acid groups (broad SMARTS) is 3. The minimum Gasteiger partial charge on any atom is -0.478 e. The van der Waals surface area contributed by atoms with E-state index in [2.05, 4.69) is 0 Å². The van der Waals surface area contributed by atoms with Crippen LogP contribution in [0.3, 0.4) is 0 Å². The van der Waals surface area contributed by atoms with Crippen molar-refractivity contribution >= 4 is 17.9 Å². The van der Waals surface area contributed by atoms with Crippen LogP contribution in [0.15, 0.2) is 36.4 Å². The maximum absolute atomic E-state index is 11.1. The molecule has 0 aliphatic heterocycles. The van der Waals surface area contributed by atoms with E-state index in [1.807, 2.05) is 0 Å². The number of aryl methyl sites for hydroxylation is 1. The van der Waals surface area contributed by atoms with Gasteiger partial charge in [-0.05, 0) is 48.9 Å². The molecule has 0 aromatic heterocycles. The topological polar surface area (TPSA) is 121 Å². The van der Waals surface area contributed by atoms with E-state index in [1.54, 1.807) is 13.0 Å². The van der Waals surface area contributed by atoms with E-state index in [0.717, 1.165) is 12.1 Å². The first-order valence-electron chi connectivity index (χ1n) is 6.41. The van der Waals surface area contributed by atoms with Crippen molar-refractivity contribution in [3.05, 3.63) is 58.7 Å². The molecule has 23 heavy (non-hydrogen) atoms. The summed E-state index contributed by atoms with van der Waals surface area (Å²) in [6.07, 6.45) is 0. The minimum absolute atomic E-state index is 0.0283. The number of ether oxygens (including phenoxy) is 1. The number of hydrogen-bond donors (Lipinski definition) is 3. The summed E-state index contributed by atoms with van der Waals surface area (Å²) in [5.74, 6) is -3.58. The summed E-state index contributed by atoms with van der Waals surface area (Å²) in [7, 11) is 0. The zero-order valence-electron chi connectivity index (χ0n) is 11.9. The third-order valence-corrected chi connectivity index (χ3v) is 2.99. The zero-order chi connectivity index (χ0) is 17.1. The highest BCUT2D eigenvalue weighted by molar-refractivity contribution is 6.02. The average Bonchev–Trinajstić information content (AvgIpc) is 2.46. The molecule has 0 bridgehead atoms. The second kappa shape index (κ2) is 6.18. The van der Waals surface area contributed by atoms with Crippen LogP contribution in [0, 0.1) is 6.92 Å². The van der Waals surface area contributed by atoms with Gasteiger partial charge in [0.1, 0.15) is 11.5 Å². The SMILES string of the molecule is Cc1cc(Oc2ccc(C(=O)O)c(C(=O)O)c2)cc(C(=O)O)c1. The Morgan fingerprint density at radius 1 is 0.783 bits per heavy atom. The Labute approximate surface area is 130 Å². The first-order chi connectivity index (χ1) is 10.8. The Bertz CT molecular complexity index is 808. The highest BCUT2D eigenvalue weighted by Crippen LogP contribution is 2.26. The lowest BCUT2D eigenvalue weighted by Crippen LogP contribution is -2.08. The Balaban J connectivity index is 2.41. The lowest BCUT2D eigenvalue weighted by atomic mass is 10.1. The van der Waals surface area contributed by atoms with Crippen molar-refractivity contribution in [2.75, 3.05) is 0 Å². The molecule has 0 saturated carbocycles. The molecule has 0 aliphatic rings. The van der Waals surface area contributed by atoms with Gasteiger partial charge >= 0.3 is 17.9 Å². The summed E-state index contributed by atoms with van der Waals surface area (Å²) >= 11 is 0. The number of rotatable bonds is 5. The predicted octanol–water partition coefficient (Wildman–Crippen LogP) is 2.88. The second-order valence-corrected chi connectivity index (χ2v) is 4.76. The fourth-order valence-electron chi connectivity index (χ4n) is 2.02. The smallest absolute Gasteiger partial charge is 0.336 e. The molecule has 0 atom stereocenters. The molecule has 2 rings (SSSR count). The Hall–Kier alpha value is -3.35. The molecular weight excluding hydrogens is 304 g/mol. The van der Waals surface area contributed by atoms with E-state index < -0.39 is 23.5 Å². The van der Waals surface area contributed by atoms with Crippen LogP contribution in [0.1, 0.15) is 36.6 Å². The molecule has 0 fully saturated rings. The molecule has 0 saturated heterocycles. The van der Waals surface area contributed by atoms with Crippen molar-refractivity contribution in [3.63, 3.8) is 0 Å². The molecular formula is C16H12O7. The summed E-state index contributed by atoms with van der Waals surface area (Å²) in [5, 5.41) is 27.0. The summed E-state index contributed by atoms with van der Waals surface area (Å²) in [6, 6.07) is 7.84. The van der Waals surface area contributed by atoms with Gasteiger partial charge in [0.15, 0.2) is 0 Å². The van der Waals surface area contributed by atoms with E-state index in [-0.39, 0.29) is 22.6 Å². The number of carboxylic acids is 3. The van der Waals surface area contributed by atoms with Crippen molar-refractivity contribution < 1.29 is 34.4 Å². The summed E-state index contributed by atoms with van der Waals surface area (Å²) < 4.78 is 5.46. The van der Waals surface area contributed by atoms with Crippen LogP contribution in [0.25, 0.3) is 0 Å². The molecule has 0 amide bonds. The van der Waals surface area contributed by atoms with Crippen LogP contribution in [-0.2, 0) is 0 Å². The molecule has 0 heterocycles. The molecule has 0 unspecified atom stereocenters. The number of aromatic carboxylic acids is 3. The highest BCUT2D eigenvalue weighted by atomic mass is 16.5. The van der Waals surface area contributed by atoms with Gasteiger partial charge in [-0.15, -0.1) is 0 Å². The van der Waals surface area contributed by atoms with Crippen LogP contribution in [0.5, 0.6) is 11.5 Å². The second-order valence-electron chi connectivity index (χ2n) is 4.76. The molecule has 2 aromatic rings. The largest absolute Gasteiger partial charge is 0.478 e. The van der Waals surface area contributed by atoms with Crippen molar-refractivity contribution in [1.29, 1.82) is 0 Å². The van der Waals surface area contributed by atoms with Gasteiger partial charge in [-0.3, -0.25) is 0 Å². The summed E-state index contributed by atoms with van der Waals surface area (Å²) in [4.78, 5) is 33.1. The molecule has 7 nitrogen and oxygen atoms in total. The fraction of sp³-hybridized carbons (Fsp3) is 0.0625. The lowest BCUT2D eigenvalue weighted by molar-refractivity contribution is 0.0651. The zero-order valence-corrected chi connectivity index (χ0v) is 11.9. The van der Waals surface area contributed by atoms with Crippen LogP contribution in [0.2, 0.25) is 0 Å². The van der Waals surface area contributed by atoms with Crippen LogP contribution in [-0.4, -0.2) is 33.2 Å². The Morgan fingerprint density at radius 2 is 1.43 bits per heavy atom. The molecule has 3 N–H and O–H groups in total. The number of carbonyl (C=O) groups is 3. The predicted molar refractivity (Wildman–Crippen MR) is 78.6 cm³/mol. The minimum atomic E-state index is -1.40. The van der Waals surface area contributed by atoms with Gasteiger partial charge in [0.25, 0.3) is 0 Å². The molecule has 0 radical (unpaired) electrons. The maximum Gasteiger partial charge on any atom is 0.336 e. The highest BCUT2D eigenvalue weighted by Gasteiger charge is 2.17. The van der Waals surface area contributed by atoms with Gasteiger partial charge in [-0.2, -0.15) is 0 Å². The van der Waals surface area contributed by atoms with E-state index in [1.165, 1.54) is 18.2 Å². The average molecular weight is 316 g/mol. The van der Waals surface area contributed by atoms with Gasteiger partial charge in [0.05, 0.1) is 16.7 Å². The Kier molecular flexibility index (Phi) is 4.31. The molecule has 7 heteroatoms. The molecule has 0 aliphatic carbocycles. The first kappa shape index (κ1) is 16.0. The van der Waals surface area contributed by atoms with Crippen LogP contribution >= 0.6 is 0 Å². The quantitative estimate of drug-likeness (QED) is 0.775. The standard InChI is InChI=1S/C16H12O7/c1-8-4-9(14(17)18)6-11(5-8)23-10-2-3-12(15(19)20)13(7-10)16(21)22/h2-7H,1H3,(H,17,18)(H,19,20)(H,21,22). The van der Waals surface area contributed by atoms with Crippen molar-refractivity contribution in [2.24, 2.45) is 0 Å². The number of benzene rings is 2. The van der Waals surface area contributed by atoms with Crippen LogP contribution in [0.4, 0.5) is 0 Å². The maximum atomic E-state index is 11.1. The van der Waals surface area contributed by atoms with Crippen LogP contribution < -0.4 is 4.74 Å². The molecule has 0 spiro atoms. The number of hydrogen-bond acceptors (Lipinski definition) is 4. The van der Waals surface area contributed by atoms with Gasteiger partial charge in [0.2, 0.25) is 0 Å². The van der Waals surface area contributed by atoms with Crippen molar-refractivity contribution in [2.45, 2.75) is 6.92 Å². The monoisotopic (exact) mass is 316 g/mol. The normalized spacial score (nSPS) is 10.1. The molecule has 2 aromatic carbocycles. The van der Waals surface area contributed by atoms with E-state index >= 15 is 0 Å². The first-order valence-corrected chi connectivity index (χ1v) is 6.41. The van der Waals surface area contributed by atoms with Crippen molar-refractivity contribution in [1.82, 2.24) is 0 Å².